The van der Waals surface area contributed by atoms with E-state index in [1.807, 2.05) is 24.3 Å². The Kier molecular flexibility index (Phi) is 5.93. The summed E-state index contributed by atoms with van der Waals surface area (Å²) in [7, 11) is 1.61. The molecule has 0 aliphatic rings. The van der Waals surface area contributed by atoms with Crippen LogP contribution in [-0.4, -0.2) is 44.2 Å². The van der Waals surface area contributed by atoms with Crippen molar-refractivity contribution < 1.29 is 14.6 Å². The molecule has 3 rings (SSSR count). The number of hydrogen-bond donors (Lipinski definition) is 3. The van der Waals surface area contributed by atoms with E-state index in [-0.39, 0.29) is 23.7 Å². The number of imidazole rings is 1. The number of anilines is 1. The lowest BCUT2D eigenvalue weighted by atomic mass is 10.1. The van der Waals surface area contributed by atoms with Gasteiger partial charge in [-0.05, 0) is 17.5 Å². The van der Waals surface area contributed by atoms with Crippen LogP contribution in [0, 0.1) is 0 Å². The fraction of sp³-hybridized carbons (Fsp3) is 0.368. The molecule has 0 fully saturated rings. The van der Waals surface area contributed by atoms with Crippen molar-refractivity contribution in [1.82, 2.24) is 24.8 Å². The zero-order chi connectivity index (χ0) is 20.1. The third kappa shape index (κ3) is 4.30. The molecule has 3 aromatic rings. The van der Waals surface area contributed by atoms with Crippen molar-refractivity contribution in [2.45, 2.75) is 32.7 Å². The number of aromatic nitrogens is 4. The first-order valence-corrected chi connectivity index (χ1v) is 9.15. The van der Waals surface area contributed by atoms with Crippen LogP contribution in [0.25, 0.3) is 11.2 Å². The predicted molar refractivity (Wildman–Crippen MR) is 105 cm³/mol. The van der Waals surface area contributed by atoms with E-state index in [9.17, 15) is 9.90 Å². The quantitative estimate of drug-likeness (QED) is 0.504. The number of amides is 1. The number of nitrogen functional groups attached to an aromatic ring is 1. The van der Waals surface area contributed by atoms with Crippen molar-refractivity contribution in [1.29, 1.82) is 0 Å². The molecule has 0 aliphatic heterocycles. The molecular formula is C19H24N6O3. The van der Waals surface area contributed by atoms with Crippen LogP contribution in [0.1, 0.15) is 30.9 Å². The highest BCUT2D eigenvalue weighted by atomic mass is 16.5. The smallest absolute Gasteiger partial charge is 0.320 e. The Labute approximate surface area is 162 Å². The van der Waals surface area contributed by atoms with Gasteiger partial charge in [-0.3, -0.25) is 9.36 Å². The number of benzene rings is 1. The zero-order valence-corrected chi connectivity index (χ0v) is 16.0. The maximum Gasteiger partial charge on any atom is 0.320 e. The van der Waals surface area contributed by atoms with Crippen LogP contribution in [0.5, 0.6) is 12.0 Å². The highest BCUT2D eigenvalue weighted by Crippen LogP contribution is 2.25. The number of nitrogens with two attached hydrogens (primary N) is 1. The summed E-state index contributed by atoms with van der Waals surface area (Å²) in [6.45, 7) is 2.90. The molecule has 0 atom stereocenters. The molecular weight excluding hydrogens is 360 g/mol. The molecule has 0 aliphatic carbocycles. The fourth-order valence-electron chi connectivity index (χ4n) is 2.73. The summed E-state index contributed by atoms with van der Waals surface area (Å²) >= 11 is 0. The second-order valence-electron chi connectivity index (χ2n) is 6.43. The molecule has 0 bridgehead atoms. The number of fused-ring (bicyclic) bond motifs is 1. The Morgan fingerprint density at radius 2 is 1.93 bits per heavy atom. The molecule has 9 heteroatoms. The number of carbonyl (C=O) groups excluding carboxylic acids is 1. The van der Waals surface area contributed by atoms with E-state index in [0.717, 1.165) is 24.0 Å². The summed E-state index contributed by atoms with van der Waals surface area (Å²) in [6.07, 6.45) is 2.19. The lowest BCUT2D eigenvalue weighted by Crippen LogP contribution is -2.19. The number of hydrogen-bond acceptors (Lipinski definition) is 7. The Morgan fingerprint density at radius 1 is 1.21 bits per heavy atom. The third-order valence-electron chi connectivity index (χ3n) is 4.32. The summed E-state index contributed by atoms with van der Waals surface area (Å²) in [5.74, 6) is 0.111. The van der Waals surface area contributed by atoms with Gasteiger partial charge in [-0.2, -0.15) is 15.0 Å². The van der Waals surface area contributed by atoms with Crippen molar-refractivity contribution in [3.63, 3.8) is 0 Å². The molecule has 2 aromatic heterocycles. The van der Waals surface area contributed by atoms with E-state index in [4.69, 9.17) is 10.5 Å². The van der Waals surface area contributed by atoms with E-state index in [2.05, 4.69) is 27.2 Å². The number of carbonyl (C=O) groups is 1. The van der Waals surface area contributed by atoms with Gasteiger partial charge in [-0.25, -0.2) is 0 Å². The molecule has 0 unspecified atom stereocenters. The minimum atomic E-state index is -0.198. The second kappa shape index (κ2) is 8.55. The number of nitrogens with zero attached hydrogens (tertiary/aromatic N) is 4. The van der Waals surface area contributed by atoms with Gasteiger partial charge in [0.2, 0.25) is 5.91 Å². The molecule has 9 nitrogen and oxygen atoms in total. The molecule has 0 radical (unpaired) electrons. The average Bonchev–Trinajstić information content (AvgIpc) is 3.00. The molecule has 28 heavy (non-hydrogen) atoms. The van der Waals surface area contributed by atoms with E-state index in [1.165, 1.54) is 0 Å². The number of unbranched alkanes of at least 4 members (excludes halogenated alkanes) is 1. The third-order valence-corrected chi connectivity index (χ3v) is 4.32. The van der Waals surface area contributed by atoms with Crippen LogP contribution in [0.2, 0.25) is 0 Å². The van der Waals surface area contributed by atoms with E-state index < -0.39 is 0 Å². The Bertz CT molecular complexity index is 968. The Hall–Kier alpha value is -3.36. The standard InChI is InChI=1S/C19H24N6O3/c1-3-4-9-28-18-23-16(20)15-17(24-18)25(19(27)22-15)11-13-7-5-12(6-8-13)10-14(26)21-2/h5-8H,3-4,9-11H2,1-2H3,(H,21,26)(H,22,27)(H2,20,23,24). The second-order valence-corrected chi connectivity index (χ2v) is 6.43. The van der Waals surface area contributed by atoms with Crippen molar-refractivity contribution in [2.75, 3.05) is 19.4 Å². The number of likely N-dealkylation sites (N-methyl/N-ethyl adjacent to an activating group) is 1. The molecule has 148 valence electrons. The van der Waals surface area contributed by atoms with Gasteiger partial charge >= 0.3 is 6.01 Å². The summed E-state index contributed by atoms with van der Waals surface area (Å²) in [5, 5.41) is 12.9. The first-order chi connectivity index (χ1) is 13.5. The first-order valence-electron chi connectivity index (χ1n) is 9.15. The Morgan fingerprint density at radius 3 is 2.61 bits per heavy atom. The van der Waals surface area contributed by atoms with Crippen LogP contribution in [0.4, 0.5) is 5.82 Å². The maximum atomic E-state index is 11.5. The average molecular weight is 384 g/mol. The first kappa shape index (κ1) is 19.4. The maximum absolute atomic E-state index is 11.5. The van der Waals surface area contributed by atoms with E-state index >= 15 is 0 Å². The van der Waals surface area contributed by atoms with Gasteiger partial charge < -0.3 is 20.9 Å². The summed E-state index contributed by atoms with van der Waals surface area (Å²) in [6, 6.07) is 7.52. The van der Waals surface area contributed by atoms with Crippen LogP contribution in [0.3, 0.4) is 0 Å². The van der Waals surface area contributed by atoms with Crippen molar-refractivity contribution in [2.24, 2.45) is 0 Å². The van der Waals surface area contributed by atoms with Crippen LogP contribution < -0.4 is 15.8 Å². The predicted octanol–water partition coefficient (Wildman–Crippen LogP) is 1.63. The molecule has 0 saturated carbocycles. The number of nitrogens with one attached hydrogen (secondary N) is 1. The highest BCUT2D eigenvalue weighted by Gasteiger charge is 2.17. The van der Waals surface area contributed by atoms with Gasteiger partial charge in [0.15, 0.2) is 17.0 Å². The summed E-state index contributed by atoms with van der Waals surface area (Å²) in [4.78, 5) is 24.0. The molecule has 0 spiro atoms. The minimum absolute atomic E-state index is 0.0474. The minimum Gasteiger partial charge on any atom is -0.480 e. The molecule has 1 amide bonds. The molecule has 1 aromatic carbocycles. The van der Waals surface area contributed by atoms with Crippen LogP contribution >= 0.6 is 0 Å². The van der Waals surface area contributed by atoms with E-state index in [1.54, 1.807) is 11.6 Å². The lowest BCUT2D eigenvalue weighted by Gasteiger charge is -2.08. The lowest BCUT2D eigenvalue weighted by molar-refractivity contribution is -0.119. The Balaban J connectivity index is 1.85. The summed E-state index contributed by atoms with van der Waals surface area (Å²) < 4.78 is 7.10. The number of aromatic hydroxyl groups is 1. The largest absolute Gasteiger partial charge is 0.480 e. The number of ether oxygens (including phenoxy) is 1. The molecule has 0 saturated heterocycles. The normalized spacial score (nSPS) is 10.9. The van der Waals surface area contributed by atoms with E-state index in [0.29, 0.717) is 30.7 Å². The molecule has 2 heterocycles. The van der Waals surface area contributed by atoms with Crippen molar-refractivity contribution >= 4 is 22.9 Å². The SMILES string of the molecule is CCCCOc1nc(N)c2nc(O)n(Cc3ccc(CC(=O)NC)cc3)c2n1. The number of rotatable bonds is 8. The van der Waals surface area contributed by atoms with Gasteiger partial charge in [0, 0.05) is 7.05 Å². The van der Waals surface area contributed by atoms with Gasteiger partial charge in [0.25, 0.3) is 6.01 Å². The molecule has 4 N–H and O–H groups in total. The zero-order valence-electron chi connectivity index (χ0n) is 16.0. The van der Waals surface area contributed by atoms with Crippen molar-refractivity contribution in [3.05, 3.63) is 35.4 Å². The fourth-order valence-corrected chi connectivity index (χ4v) is 2.73. The summed E-state index contributed by atoms with van der Waals surface area (Å²) in [5.41, 5.74) is 8.52. The van der Waals surface area contributed by atoms with Gasteiger partial charge in [0.05, 0.1) is 19.6 Å². The van der Waals surface area contributed by atoms with Crippen LogP contribution in [0.15, 0.2) is 24.3 Å². The van der Waals surface area contributed by atoms with Crippen molar-refractivity contribution in [3.8, 4) is 12.0 Å². The van der Waals surface area contributed by atoms with Gasteiger partial charge in [0.1, 0.15) is 0 Å². The topological polar surface area (TPSA) is 128 Å². The van der Waals surface area contributed by atoms with Crippen LogP contribution in [-0.2, 0) is 17.8 Å². The van der Waals surface area contributed by atoms with Gasteiger partial charge in [-0.1, -0.05) is 37.6 Å². The highest BCUT2D eigenvalue weighted by molar-refractivity contribution is 5.83. The van der Waals surface area contributed by atoms with Gasteiger partial charge in [-0.15, -0.1) is 0 Å². The monoisotopic (exact) mass is 384 g/mol.